The second kappa shape index (κ2) is 5.85. The van der Waals surface area contributed by atoms with Crippen LogP contribution in [0.1, 0.15) is 30.1 Å². The van der Waals surface area contributed by atoms with Gasteiger partial charge in [0.2, 0.25) is 0 Å². The highest BCUT2D eigenvalue weighted by Gasteiger charge is 2.25. The quantitative estimate of drug-likeness (QED) is 0.913. The van der Waals surface area contributed by atoms with Crippen LogP contribution >= 0.6 is 15.9 Å². The Morgan fingerprint density at radius 3 is 2.67 bits per heavy atom. The Labute approximate surface area is 116 Å². The van der Waals surface area contributed by atoms with Gasteiger partial charge in [-0.05, 0) is 43.9 Å². The molecule has 1 amide bonds. The average molecular weight is 311 g/mol. The van der Waals surface area contributed by atoms with Gasteiger partial charge in [0.15, 0.2) is 0 Å². The van der Waals surface area contributed by atoms with Crippen molar-refractivity contribution in [3.63, 3.8) is 0 Å². The Hall–Kier alpha value is -0.870. The molecule has 4 heteroatoms. The van der Waals surface area contributed by atoms with E-state index in [1.54, 1.807) is 0 Å². The molecule has 2 rings (SSSR count). The van der Waals surface area contributed by atoms with Gasteiger partial charge in [-0.15, -0.1) is 0 Å². The molecule has 1 atom stereocenters. The monoisotopic (exact) mass is 310 g/mol. The molecule has 0 aromatic heterocycles. The van der Waals surface area contributed by atoms with Gasteiger partial charge in [-0.3, -0.25) is 4.79 Å². The fourth-order valence-electron chi connectivity index (χ4n) is 2.43. The molecule has 0 bridgehead atoms. The smallest absolute Gasteiger partial charge is 0.253 e. The van der Waals surface area contributed by atoms with Crippen LogP contribution in [0.15, 0.2) is 28.7 Å². The minimum absolute atomic E-state index is 0.124. The third kappa shape index (κ3) is 3.12. The van der Waals surface area contributed by atoms with Crippen molar-refractivity contribution >= 4 is 21.8 Å². The first-order valence-electron chi connectivity index (χ1n) is 6.38. The molecule has 0 spiro atoms. The zero-order valence-corrected chi connectivity index (χ0v) is 12.2. The molecule has 0 radical (unpaired) electrons. The summed E-state index contributed by atoms with van der Waals surface area (Å²) in [5.74, 6) is 0.677. The predicted octanol–water partition coefficient (Wildman–Crippen LogP) is 2.65. The Morgan fingerprint density at radius 1 is 1.44 bits per heavy atom. The number of amides is 1. The molecule has 3 nitrogen and oxygen atoms in total. The molecule has 1 saturated heterocycles. The highest BCUT2D eigenvalue weighted by Crippen LogP contribution is 2.21. The molecule has 1 aromatic rings. The number of rotatable bonds is 2. The standard InChI is InChI=1S/C14H19BrN2O/c1-10(16)11-5-7-17(8-6-11)14(18)12-3-2-4-13(15)9-12/h2-4,9-11H,5-8,16H2,1H3. The summed E-state index contributed by atoms with van der Waals surface area (Å²) in [5.41, 5.74) is 6.66. The van der Waals surface area contributed by atoms with E-state index in [0.717, 1.165) is 36.0 Å². The van der Waals surface area contributed by atoms with Crippen molar-refractivity contribution in [1.82, 2.24) is 4.90 Å². The summed E-state index contributed by atoms with van der Waals surface area (Å²) >= 11 is 3.40. The third-order valence-electron chi connectivity index (χ3n) is 3.64. The van der Waals surface area contributed by atoms with Gasteiger partial charge in [0.1, 0.15) is 0 Å². The van der Waals surface area contributed by atoms with Crippen molar-refractivity contribution < 1.29 is 4.79 Å². The number of benzene rings is 1. The van der Waals surface area contributed by atoms with Gasteiger partial charge in [-0.2, -0.15) is 0 Å². The summed E-state index contributed by atoms with van der Waals surface area (Å²) in [4.78, 5) is 14.2. The van der Waals surface area contributed by atoms with Gasteiger partial charge < -0.3 is 10.6 Å². The van der Waals surface area contributed by atoms with Crippen LogP contribution in [-0.4, -0.2) is 29.9 Å². The fraction of sp³-hybridized carbons (Fsp3) is 0.500. The van der Waals surface area contributed by atoms with E-state index in [4.69, 9.17) is 5.73 Å². The van der Waals surface area contributed by atoms with E-state index in [1.165, 1.54) is 0 Å². The van der Waals surface area contributed by atoms with Crippen molar-refractivity contribution in [3.05, 3.63) is 34.3 Å². The number of likely N-dealkylation sites (tertiary alicyclic amines) is 1. The van der Waals surface area contributed by atoms with Gasteiger partial charge in [-0.1, -0.05) is 22.0 Å². The SMILES string of the molecule is CC(N)C1CCN(C(=O)c2cccc(Br)c2)CC1. The second-order valence-electron chi connectivity index (χ2n) is 5.00. The van der Waals surface area contributed by atoms with E-state index in [-0.39, 0.29) is 11.9 Å². The molecule has 1 aromatic carbocycles. The molecule has 2 N–H and O–H groups in total. The van der Waals surface area contributed by atoms with E-state index in [1.807, 2.05) is 29.2 Å². The largest absolute Gasteiger partial charge is 0.339 e. The van der Waals surface area contributed by atoms with Crippen molar-refractivity contribution in [2.24, 2.45) is 11.7 Å². The number of carbonyl (C=O) groups excluding carboxylic acids is 1. The first-order valence-corrected chi connectivity index (χ1v) is 7.17. The van der Waals surface area contributed by atoms with Crippen molar-refractivity contribution in [3.8, 4) is 0 Å². The number of hydrogen-bond acceptors (Lipinski definition) is 2. The number of hydrogen-bond donors (Lipinski definition) is 1. The Kier molecular flexibility index (Phi) is 4.40. The number of piperidine rings is 1. The van der Waals surface area contributed by atoms with Crippen LogP contribution < -0.4 is 5.73 Å². The molecular formula is C14H19BrN2O. The molecular weight excluding hydrogens is 292 g/mol. The van der Waals surface area contributed by atoms with E-state index in [0.29, 0.717) is 5.92 Å². The molecule has 0 saturated carbocycles. The maximum atomic E-state index is 12.3. The molecule has 1 fully saturated rings. The number of carbonyl (C=O) groups is 1. The van der Waals surface area contributed by atoms with Crippen LogP contribution in [0.5, 0.6) is 0 Å². The van der Waals surface area contributed by atoms with Gasteiger partial charge >= 0.3 is 0 Å². The minimum atomic E-state index is 0.124. The molecule has 1 unspecified atom stereocenters. The molecule has 98 valence electrons. The lowest BCUT2D eigenvalue weighted by Gasteiger charge is -2.33. The lowest BCUT2D eigenvalue weighted by Crippen LogP contribution is -2.42. The van der Waals surface area contributed by atoms with Crippen LogP contribution in [-0.2, 0) is 0 Å². The third-order valence-corrected chi connectivity index (χ3v) is 4.14. The number of nitrogens with zero attached hydrogens (tertiary/aromatic N) is 1. The first kappa shape index (κ1) is 13.6. The predicted molar refractivity (Wildman–Crippen MR) is 76.4 cm³/mol. The molecule has 0 aliphatic carbocycles. The lowest BCUT2D eigenvalue weighted by molar-refractivity contribution is 0.0681. The van der Waals surface area contributed by atoms with Crippen LogP contribution in [0, 0.1) is 5.92 Å². The summed E-state index contributed by atoms with van der Waals surface area (Å²) < 4.78 is 0.943. The Morgan fingerprint density at radius 2 is 2.11 bits per heavy atom. The van der Waals surface area contributed by atoms with E-state index in [2.05, 4.69) is 22.9 Å². The summed E-state index contributed by atoms with van der Waals surface area (Å²) in [6.07, 6.45) is 2.02. The summed E-state index contributed by atoms with van der Waals surface area (Å²) in [6, 6.07) is 7.80. The van der Waals surface area contributed by atoms with Crippen molar-refractivity contribution in [2.75, 3.05) is 13.1 Å². The maximum absolute atomic E-state index is 12.3. The van der Waals surface area contributed by atoms with E-state index < -0.39 is 0 Å². The normalized spacial score (nSPS) is 18.7. The number of halogens is 1. The Bertz CT molecular complexity index is 426. The van der Waals surface area contributed by atoms with Gasteiger partial charge in [-0.25, -0.2) is 0 Å². The first-order chi connectivity index (χ1) is 8.58. The molecule has 18 heavy (non-hydrogen) atoms. The van der Waals surface area contributed by atoms with Crippen LogP contribution in [0.3, 0.4) is 0 Å². The highest BCUT2D eigenvalue weighted by molar-refractivity contribution is 9.10. The summed E-state index contributed by atoms with van der Waals surface area (Å²) in [7, 11) is 0. The summed E-state index contributed by atoms with van der Waals surface area (Å²) in [6.45, 7) is 3.69. The summed E-state index contributed by atoms with van der Waals surface area (Å²) in [5, 5.41) is 0. The zero-order chi connectivity index (χ0) is 13.1. The van der Waals surface area contributed by atoms with Crippen LogP contribution in [0.4, 0.5) is 0 Å². The van der Waals surface area contributed by atoms with Crippen LogP contribution in [0.2, 0.25) is 0 Å². The average Bonchev–Trinajstić information content (AvgIpc) is 2.38. The van der Waals surface area contributed by atoms with Crippen molar-refractivity contribution in [2.45, 2.75) is 25.8 Å². The van der Waals surface area contributed by atoms with Crippen LogP contribution in [0.25, 0.3) is 0 Å². The molecule has 1 aliphatic rings. The fourth-order valence-corrected chi connectivity index (χ4v) is 2.83. The van der Waals surface area contributed by atoms with Gasteiger partial charge in [0, 0.05) is 29.2 Å². The minimum Gasteiger partial charge on any atom is -0.339 e. The Balaban J connectivity index is 1.99. The van der Waals surface area contributed by atoms with E-state index in [9.17, 15) is 4.79 Å². The molecule has 1 heterocycles. The molecule has 1 aliphatic heterocycles. The topological polar surface area (TPSA) is 46.3 Å². The highest BCUT2D eigenvalue weighted by atomic mass is 79.9. The second-order valence-corrected chi connectivity index (χ2v) is 5.91. The number of nitrogens with two attached hydrogens (primary N) is 1. The van der Waals surface area contributed by atoms with Gasteiger partial charge in [0.05, 0.1) is 0 Å². The zero-order valence-electron chi connectivity index (χ0n) is 10.6. The van der Waals surface area contributed by atoms with E-state index >= 15 is 0 Å². The lowest BCUT2D eigenvalue weighted by atomic mass is 9.90. The van der Waals surface area contributed by atoms with Gasteiger partial charge in [0.25, 0.3) is 5.91 Å². The van der Waals surface area contributed by atoms with Crippen molar-refractivity contribution in [1.29, 1.82) is 0 Å². The maximum Gasteiger partial charge on any atom is 0.253 e.